The average molecular weight is 353 g/mol. The number of carboxylic acids is 1. The topological polar surface area (TPSA) is 108 Å². The Balaban J connectivity index is 1.61. The lowest BCUT2D eigenvalue weighted by Crippen LogP contribution is -2.24. The standard InChI is InChI=1S/C19H19N3O4/c23-18(11-4-2-1-3-5-11)20-17-13-10-12(6-7-14(13)21-22-17)15-8-9-16(26-15)19(24)25/h6-11H,1-5H2,(H,24,25)(H2,20,21,22,23). The van der Waals surface area contributed by atoms with Crippen molar-refractivity contribution in [1.29, 1.82) is 0 Å². The number of amides is 1. The second-order valence-electron chi connectivity index (χ2n) is 6.63. The van der Waals surface area contributed by atoms with E-state index < -0.39 is 5.97 Å². The number of H-pyrrole nitrogens is 1. The number of aromatic nitrogens is 2. The molecule has 0 unspecified atom stereocenters. The van der Waals surface area contributed by atoms with Gasteiger partial charge >= 0.3 is 5.97 Å². The molecule has 0 saturated heterocycles. The van der Waals surface area contributed by atoms with E-state index in [-0.39, 0.29) is 17.6 Å². The highest BCUT2D eigenvalue weighted by molar-refractivity contribution is 6.01. The highest BCUT2D eigenvalue weighted by Gasteiger charge is 2.22. The highest BCUT2D eigenvalue weighted by atomic mass is 16.4. The molecule has 3 N–H and O–H groups in total. The zero-order valence-corrected chi connectivity index (χ0v) is 14.1. The van der Waals surface area contributed by atoms with Gasteiger partial charge in [0.05, 0.1) is 5.52 Å². The van der Waals surface area contributed by atoms with E-state index in [1.165, 1.54) is 12.5 Å². The first-order valence-electron chi connectivity index (χ1n) is 8.74. The van der Waals surface area contributed by atoms with Crippen LogP contribution in [0.2, 0.25) is 0 Å². The van der Waals surface area contributed by atoms with Crippen LogP contribution in [-0.4, -0.2) is 27.2 Å². The van der Waals surface area contributed by atoms with E-state index in [0.717, 1.165) is 42.1 Å². The maximum Gasteiger partial charge on any atom is 0.371 e. The van der Waals surface area contributed by atoms with Crippen molar-refractivity contribution in [3.05, 3.63) is 36.1 Å². The van der Waals surface area contributed by atoms with E-state index in [1.54, 1.807) is 6.07 Å². The quantitative estimate of drug-likeness (QED) is 0.656. The molecule has 3 aromatic rings. The number of nitrogens with zero attached hydrogens (tertiary/aromatic N) is 1. The summed E-state index contributed by atoms with van der Waals surface area (Å²) in [5.74, 6) is -0.228. The van der Waals surface area contributed by atoms with Crippen LogP contribution in [0.4, 0.5) is 5.82 Å². The van der Waals surface area contributed by atoms with Crippen LogP contribution in [0.15, 0.2) is 34.7 Å². The van der Waals surface area contributed by atoms with Gasteiger partial charge in [0.25, 0.3) is 0 Å². The SMILES string of the molecule is O=C(O)c1ccc(-c2ccc3[nH]nc(NC(=O)C4CCCCC4)c3c2)o1. The molecule has 1 saturated carbocycles. The van der Waals surface area contributed by atoms with Crippen LogP contribution >= 0.6 is 0 Å². The summed E-state index contributed by atoms with van der Waals surface area (Å²) >= 11 is 0. The summed E-state index contributed by atoms with van der Waals surface area (Å²) in [6.07, 6.45) is 5.22. The van der Waals surface area contributed by atoms with Gasteiger partial charge in [-0.25, -0.2) is 4.79 Å². The van der Waals surface area contributed by atoms with Gasteiger partial charge in [-0.1, -0.05) is 19.3 Å². The number of carbonyl (C=O) groups excluding carboxylic acids is 1. The van der Waals surface area contributed by atoms with Crippen molar-refractivity contribution in [2.75, 3.05) is 5.32 Å². The number of fused-ring (bicyclic) bond motifs is 1. The lowest BCUT2D eigenvalue weighted by molar-refractivity contribution is -0.120. The minimum Gasteiger partial charge on any atom is -0.475 e. The highest BCUT2D eigenvalue weighted by Crippen LogP contribution is 2.30. The smallest absolute Gasteiger partial charge is 0.371 e. The van der Waals surface area contributed by atoms with Gasteiger partial charge < -0.3 is 14.8 Å². The zero-order chi connectivity index (χ0) is 18.1. The molecule has 7 nitrogen and oxygen atoms in total. The molecule has 4 rings (SSSR count). The van der Waals surface area contributed by atoms with Gasteiger partial charge in [0.2, 0.25) is 11.7 Å². The molecule has 26 heavy (non-hydrogen) atoms. The van der Waals surface area contributed by atoms with E-state index >= 15 is 0 Å². The minimum absolute atomic E-state index is 0.00895. The third kappa shape index (κ3) is 3.08. The van der Waals surface area contributed by atoms with Gasteiger partial charge in [-0.15, -0.1) is 0 Å². The fourth-order valence-corrected chi connectivity index (χ4v) is 3.45. The van der Waals surface area contributed by atoms with Crippen molar-refractivity contribution >= 4 is 28.6 Å². The zero-order valence-electron chi connectivity index (χ0n) is 14.1. The summed E-state index contributed by atoms with van der Waals surface area (Å²) in [6.45, 7) is 0. The summed E-state index contributed by atoms with van der Waals surface area (Å²) in [7, 11) is 0. The molecule has 0 atom stereocenters. The molecular weight excluding hydrogens is 334 g/mol. The van der Waals surface area contributed by atoms with Crippen LogP contribution in [-0.2, 0) is 4.79 Å². The first-order valence-corrected chi connectivity index (χ1v) is 8.74. The summed E-state index contributed by atoms with van der Waals surface area (Å²) in [5.41, 5.74) is 1.51. The van der Waals surface area contributed by atoms with E-state index in [0.29, 0.717) is 11.6 Å². The van der Waals surface area contributed by atoms with E-state index in [4.69, 9.17) is 9.52 Å². The lowest BCUT2D eigenvalue weighted by atomic mass is 9.89. The predicted molar refractivity (Wildman–Crippen MR) is 96.0 cm³/mol. The second-order valence-corrected chi connectivity index (χ2v) is 6.63. The number of hydrogen-bond donors (Lipinski definition) is 3. The number of carboxylic acid groups (broad SMARTS) is 1. The van der Waals surface area contributed by atoms with Crippen molar-refractivity contribution in [2.45, 2.75) is 32.1 Å². The number of rotatable bonds is 4. The fourth-order valence-electron chi connectivity index (χ4n) is 3.45. The summed E-state index contributed by atoms with van der Waals surface area (Å²) in [6, 6.07) is 8.52. The van der Waals surface area contributed by atoms with Crippen LogP contribution in [0.1, 0.15) is 42.7 Å². The maximum absolute atomic E-state index is 12.5. The van der Waals surface area contributed by atoms with Crippen LogP contribution in [0.5, 0.6) is 0 Å². The van der Waals surface area contributed by atoms with Crippen LogP contribution in [0.25, 0.3) is 22.2 Å². The van der Waals surface area contributed by atoms with Gasteiger partial charge in [0.1, 0.15) is 5.76 Å². The molecular formula is C19H19N3O4. The molecule has 1 aliphatic rings. The Morgan fingerprint density at radius 3 is 2.69 bits per heavy atom. The molecule has 2 aromatic heterocycles. The first kappa shape index (κ1) is 16.4. The molecule has 1 aliphatic carbocycles. The molecule has 2 heterocycles. The molecule has 134 valence electrons. The fraction of sp³-hybridized carbons (Fsp3) is 0.316. The van der Waals surface area contributed by atoms with Gasteiger partial charge in [0.15, 0.2) is 5.82 Å². The van der Waals surface area contributed by atoms with Gasteiger partial charge in [-0.3, -0.25) is 9.89 Å². The van der Waals surface area contributed by atoms with Crippen molar-refractivity contribution < 1.29 is 19.1 Å². The van der Waals surface area contributed by atoms with Gasteiger partial charge in [0, 0.05) is 16.9 Å². The second kappa shape index (κ2) is 6.67. The summed E-state index contributed by atoms with van der Waals surface area (Å²) in [4.78, 5) is 23.5. The number of carbonyl (C=O) groups is 2. The van der Waals surface area contributed by atoms with Gasteiger partial charge in [-0.05, 0) is 43.2 Å². The Kier molecular flexibility index (Phi) is 4.20. The van der Waals surface area contributed by atoms with E-state index in [9.17, 15) is 9.59 Å². The summed E-state index contributed by atoms with van der Waals surface area (Å²) < 4.78 is 5.36. The Morgan fingerprint density at radius 1 is 1.15 bits per heavy atom. The van der Waals surface area contributed by atoms with Crippen molar-refractivity contribution in [2.24, 2.45) is 5.92 Å². The predicted octanol–water partition coefficient (Wildman–Crippen LogP) is 4.04. The number of hydrogen-bond acceptors (Lipinski definition) is 4. The number of nitrogens with one attached hydrogen (secondary N) is 2. The number of benzene rings is 1. The molecule has 0 bridgehead atoms. The molecule has 7 heteroatoms. The van der Waals surface area contributed by atoms with Crippen LogP contribution in [0.3, 0.4) is 0 Å². The van der Waals surface area contributed by atoms with Crippen molar-refractivity contribution in [3.63, 3.8) is 0 Å². The Bertz CT molecular complexity index is 966. The number of aromatic amines is 1. The number of aromatic carboxylic acids is 1. The average Bonchev–Trinajstić information content (AvgIpc) is 3.30. The van der Waals surface area contributed by atoms with Crippen molar-refractivity contribution in [1.82, 2.24) is 10.2 Å². The first-order chi connectivity index (χ1) is 12.6. The van der Waals surface area contributed by atoms with E-state index in [1.807, 2.05) is 18.2 Å². The van der Waals surface area contributed by atoms with Crippen LogP contribution < -0.4 is 5.32 Å². The van der Waals surface area contributed by atoms with Gasteiger partial charge in [-0.2, -0.15) is 5.10 Å². The molecule has 0 spiro atoms. The van der Waals surface area contributed by atoms with Crippen molar-refractivity contribution in [3.8, 4) is 11.3 Å². The number of furan rings is 1. The Morgan fingerprint density at radius 2 is 1.96 bits per heavy atom. The van der Waals surface area contributed by atoms with E-state index in [2.05, 4.69) is 15.5 Å². The molecule has 1 amide bonds. The third-order valence-corrected chi connectivity index (χ3v) is 4.88. The normalized spacial score (nSPS) is 15.2. The maximum atomic E-state index is 12.5. The third-order valence-electron chi connectivity index (χ3n) is 4.88. The molecule has 1 aromatic carbocycles. The Labute approximate surface area is 149 Å². The molecule has 0 aliphatic heterocycles. The molecule has 1 fully saturated rings. The van der Waals surface area contributed by atoms with Crippen LogP contribution in [0, 0.1) is 5.92 Å². The largest absolute Gasteiger partial charge is 0.475 e. The monoisotopic (exact) mass is 353 g/mol. The Hall–Kier alpha value is -3.09. The molecule has 0 radical (unpaired) electrons. The summed E-state index contributed by atoms with van der Waals surface area (Å²) in [5, 5.41) is 19.8. The number of anilines is 1. The minimum atomic E-state index is -1.11. The lowest BCUT2D eigenvalue weighted by Gasteiger charge is -2.20.